The number of carbonyl (C=O) groups excluding carboxylic acids is 1. The highest BCUT2D eigenvalue weighted by molar-refractivity contribution is 5.95. The van der Waals surface area contributed by atoms with E-state index < -0.39 is 23.2 Å². The molecule has 0 radical (unpaired) electrons. The number of nitrogens with zero attached hydrogens (tertiary/aromatic N) is 1. The Balaban J connectivity index is 1.62. The van der Waals surface area contributed by atoms with Crippen LogP contribution in [0.2, 0.25) is 0 Å². The van der Waals surface area contributed by atoms with Crippen molar-refractivity contribution in [1.82, 2.24) is 4.90 Å². The van der Waals surface area contributed by atoms with Crippen LogP contribution < -0.4 is 0 Å². The van der Waals surface area contributed by atoms with Crippen LogP contribution >= 0.6 is 0 Å². The van der Waals surface area contributed by atoms with E-state index in [-0.39, 0.29) is 42.8 Å². The summed E-state index contributed by atoms with van der Waals surface area (Å²) >= 11 is 0. The van der Waals surface area contributed by atoms with E-state index in [1.165, 1.54) is 11.0 Å². The number of phenolic OH excluding ortho intramolecular Hbond substituents is 1. The minimum Gasteiger partial charge on any atom is -0.508 e. The second-order valence-electron chi connectivity index (χ2n) is 7.16. The van der Waals surface area contributed by atoms with E-state index in [2.05, 4.69) is 0 Å². The molecule has 1 saturated heterocycles. The molecule has 1 saturated carbocycles. The number of aliphatic hydroxyl groups excluding tert-OH is 2. The zero-order valence-electron chi connectivity index (χ0n) is 14.0. The van der Waals surface area contributed by atoms with E-state index in [9.17, 15) is 24.5 Å². The van der Waals surface area contributed by atoms with E-state index in [4.69, 9.17) is 0 Å². The lowest BCUT2D eigenvalue weighted by Crippen LogP contribution is -2.30. The molecule has 1 amide bonds. The SMILES string of the molecule is O=C(c1cc(O)ccc1F)N1C[C@H](O)[C@@]2(C1)[C@H](CO)[C@H]2c1ccccc1. The fraction of sp³-hybridized carbons (Fsp3) is 0.350. The molecule has 4 rings (SSSR count). The number of β-amino-alcohol motifs (C(OH)–C–C–N with tert-alkyl or cyclic N) is 1. The molecule has 136 valence electrons. The normalized spacial score (nSPS) is 30.0. The fourth-order valence-corrected chi connectivity index (χ4v) is 4.57. The zero-order valence-corrected chi connectivity index (χ0v) is 14.0. The molecule has 2 aromatic rings. The first-order chi connectivity index (χ1) is 12.5. The van der Waals surface area contributed by atoms with Crippen LogP contribution in [-0.4, -0.2) is 51.9 Å². The third-order valence-corrected chi connectivity index (χ3v) is 5.86. The van der Waals surface area contributed by atoms with Crippen molar-refractivity contribution in [3.8, 4) is 5.75 Å². The van der Waals surface area contributed by atoms with Crippen molar-refractivity contribution in [3.63, 3.8) is 0 Å². The number of aliphatic hydroxyl groups is 2. The van der Waals surface area contributed by atoms with Gasteiger partial charge in [-0.15, -0.1) is 0 Å². The first kappa shape index (κ1) is 17.0. The molecule has 1 spiro atoms. The Morgan fingerprint density at radius 1 is 1.23 bits per heavy atom. The highest BCUT2D eigenvalue weighted by atomic mass is 19.1. The minimum absolute atomic E-state index is 0.0458. The molecule has 0 bridgehead atoms. The van der Waals surface area contributed by atoms with Crippen molar-refractivity contribution >= 4 is 5.91 Å². The highest BCUT2D eigenvalue weighted by Gasteiger charge is 2.71. The van der Waals surface area contributed by atoms with Gasteiger partial charge in [0.25, 0.3) is 5.91 Å². The van der Waals surface area contributed by atoms with Gasteiger partial charge in [0.05, 0.1) is 11.7 Å². The molecule has 26 heavy (non-hydrogen) atoms. The van der Waals surface area contributed by atoms with Crippen LogP contribution in [0, 0.1) is 17.2 Å². The number of aromatic hydroxyl groups is 1. The maximum atomic E-state index is 14.0. The molecule has 2 aliphatic rings. The molecule has 6 heteroatoms. The summed E-state index contributed by atoms with van der Waals surface area (Å²) < 4.78 is 14.0. The molecule has 2 aromatic carbocycles. The van der Waals surface area contributed by atoms with Gasteiger partial charge in [-0.3, -0.25) is 4.79 Å². The van der Waals surface area contributed by atoms with Gasteiger partial charge in [0.2, 0.25) is 0 Å². The Labute approximate surface area is 150 Å². The van der Waals surface area contributed by atoms with Gasteiger partial charge in [0.1, 0.15) is 11.6 Å². The van der Waals surface area contributed by atoms with E-state index in [0.717, 1.165) is 17.7 Å². The maximum Gasteiger partial charge on any atom is 0.257 e. The summed E-state index contributed by atoms with van der Waals surface area (Å²) in [5, 5.41) is 30.0. The summed E-state index contributed by atoms with van der Waals surface area (Å²) in [4.78, 5) is 14.1. The molecule has 3 N–H and O–H groups in total. The summed E-state index contributed by atoms with van der Waals surface area (Å²) in [6.45, 7) is 0.236. The maximum absolute atomic E-state index is 14.0. The first-order valence-electron chi connectivity index (χ1n) is 8.60. The predicted octanol–water partition coefficient (Wildman–Crippen LogP) is 1.74. The lowest BCUT2D eigenvalue weighted by molar-refractivity contribution is 0.0759. The lowest BCUT2D eigenvalue weighted by atomic mass is 9.95. The van der Waals surface area contributed by atoms with Crippen molar-refractivity contribution in [3.05, 3.63) is 65.5 Å². The Morgan fingerprint density at radius 3 is 2.65 bits per heavy atom. The van der Waals surface area contributed by atoms with Gasteiger partial charge < -0.3 is 20.2 Å². The van der Waals surface area contributed by atoms with Crippen molar-refractivity contribution in [2.45, 2.75) is 12.0 Å². The largest absolute Gasteiger partial charge is 0.508 e. The van der Waals surface area contributed by atoms with E-state index in [1.807, 2.05) is 30.3 Å². The van der Waals surface area contributed by atoms with Crippen molar-refractivity contribution in [2.75, 3.05) is 19.7 Å². The predicted molar refractivity (Wildman–Crippen MR) is 92.2 cm³/mol. The molecule has 0 unspecified atom stereocenters. The summed E-state index contributed by atoms with van der Waals surface area (Å²) in [6.07, 6.45) is -0.797. The second-order valence-corrected chi connectivity index (χ2v) is 7.16. The summed E-state index contributed by atoms with van der Waals surface area (Å²) in [6, 6.07) is 12.9. The number of rotatable bonds is 3. The third kappa shape index (κ3) is 2.40. The number of phenols is 1. The van der Waals surface area contributed by atoms with Gasteiger partial charge in [0.15, 0.2) is 0 Å². The van der Waals surface area contributed by atoms with Crippen LogP contribution in [0.15, 0.2) is 48.5 Å². The number of likely N-dealkylation sites (tertiary alicyclic amines) is 1. The van der Waals surface area contributed by atoms with E-state index in [0.29, 0.717) is 0 Å². The van der Waals surface area contributed by atoms with Crippen LogP contribution in [0.3, 0.4) is 0 Å². The summed E-state index contributed by atoms with van der Waals surface area (Å²) in [5.74, 6) is -1.66. The van der Waals surface area contributed by atoms with E-state index in [1.54, 1.807) is 0 Å². The topological polar surface area (TPSA) is 81.0 Å². The van der Waals surface area contributed by atoms with Gasteiger partial charge in [-0.25, -0.2) is 4.39 Å². The minimum atomic E-state index is -0.797. The molecule has 5 nitrogen and oxygen atoms in total. The number of hydrogen-bond donors (Lipinski definition) is 3. The molecule has 4 atom stereocenters. The van der Waals surface area contributed by atoms with Crippen LogP contribution in [0.1, 0.15) is 21.8 Å². The Morgan fingerprint density at radius 2 is 1.96 bits per heavy atom. The summed E-state index contributed by atoms with van der Waals surface area (Å²) in [7, 11) is 0. The van der Waals surface area contributed by atoms with Gasteiger partial charge in [0, 0.05) is 25.1 Å². The highest BCUT2D eigenvalue weighted by Crippen LogP contribution is 2.68. The van der Waals surface area contributed by atoms with Gasteiger partial charge in [-0.1, -0.05) is 30.3 Å². The van der Waals surface area contributed by atoms with Crippen LogP contribution in [0.25, 0.3) is 0 Å². The van der Waals surface area contributed by atoms with E-state index >= 15 is 0 Å². The number of carbonyl (C=O) groups is 1. The molecule has 0 aromatic heterocycles. The standard InChI is InChI=1S/C20H20FNO4/c21-16-7-6-13(24)8-14(16)19(26)22-9-17(25)20(11-22)15(10-23)18(20)12-4-2-1-3-5-12/h1-8,15,17-18,23-25H,9-11H2/t15-,17+,18-,20-/m1/s1. The second kappa shape index (κ2) is 6.07. The molecule has 1 aliphatic carbocycles. The quantitative estimate of drug-likeness (QED) is 0.782. The van der Waals surface area contributed by atoms with Crippen molar-refractivity contribution in [1.29, 1.82) is 0 Å². The van der Waals surface area contributed by atoms with Gasteiger partial charge >= 0.3 is 0 Å². The van der Waals surface area contributed by atoms with Crippen LogP contribution in [0.5, 0.6) is 5.75 Å². The summed E-state index contributed by atoms with van der Waals surface area (Å²) in [5.41, 5.74) is 0.189. The monoisotopic (exact) mass is 357 g/mol. The Bertz CT molecular complexity index is 843. The molecular formula is C20H20FNO4. The Hall–Kier alpha value is -2.44. The fourth-order valence-electron chi connectivity index (χ4n) is 4.57. The molecule has 2 fully saturated rings. The first-order valence-corrected chi connectivity index (χ1v) is 8.60. The smallest absolute Gasteiger partial charge is 0.257 e. The lowest BCUT2D eigenvalue weighted by Gasteiger charge is -2.17. The average molecular weight is 357 g/mol. The molecule has 1 heterocycles. The van der Waals surface area contributed by atoms with Gasteiger partial charge in [-0.2, -0.15) is 0 Å². The zero-order chi connectivity index (χ0) is 18.5. The Kier molecular flexibility index (Phi) is 3.97. The average Bonchev–Trinajstić information content (AvgIpc) is 3.18. The van der Waals surface area contributed by atoms with Gasteiger partial charge in [-0.05, 0) is 35.6 Å². The molecule has 1 aliphatic heterocycles. The number of benzene rings is 2. The van der Waals surface area contributed by atoms with Crippen LogP contribution in [0.4, 0.5) is 4.39 Å². The number of amides is 1. The third-order valence-electron chi connectivity index (χ3n) is 5.86. The van der Waals surface area contributed by atoms with Crippen LogP contribution in [-0.2, 0) is 0 Å². The number of halogens is 1. The molecular weight excluding hydrogens is 337 g/mol. The van der Waals surface area contributed by atoms with Crippen molar-refractivity contribution in [2.24, 2.45) is 11.3 Å². The van der Waals surface area contributed by atoms with Crippen molar-refractivity contribution < 1.29 is 24.5 Å². The number of hydrogen-bond acceptors (Lipinski definition) is 4.